The van der Waals surface area contributed by atoms with Crippen molar-refractivity contribution in [1.82, 2.24) is 15.3 Å². The van der Waals surface area contributed by atoms with Gasteiger partial charge in [-0.2, -0.15) is 0 Å². The molecule has 0 radical (unpaired) electrons. The standard InChI is InChI=1S/C14H23N5/c1-19(12-6-3-7-15-9-12)14-8-13(16-10-17-14)18-11-4-2-5-11/h8,10-12,15H,2-7,9H2,1H3,(H,16,17,18). The smallest absolute Gasteiger partial charge is 0.134 e. The first-order valence-corrected chi connectivity index (χ1v) is 7.35. The van der Waals surface area contributed by atoms with E-state index in [1.807, 2.05) is 0 Å². The van der Waals surface area contributed by atoms with Gasteiger partial charge in [0.1, 0.15) is 18.0 Å². The van der Waals surface area contributed by atoms with Crippen LogP contribution in [0, 0.1) is 0 Å². The summed E-state index contributed by atoms with van der Waals surface area (Å²) in [5, 5.41) is 6.93. The lowest BCUT2D eigenvalue weighted by molar-refractivity contribution is 0.441. The first-order valence-electron chi connectivity index (χ1n) is 7.35. The van der Waals surface area contributed by atoms with Crippen LogP contribution < -0.4 is 15.5 Å². The molecule has 1 aromatic rings. The molecule has 0 aromatic carbocycles. The molecule has 1 aliphatic carbocycles. The summed E-state index contributed by atoms with van der Waals surface area (Å²) >= 11 is 0. The zero-order chi connectivity index (χ0) is 13.1. The number of likely N-dealkylation sites (N-methyl/N-ethyl adjacent to an activating group) is 1. The van der Waals surface area contributed by atoms with Crippen molar-refractivity contribution in [3.05, 3.63) is 12.4 Å². The van der Waals surface area contributed by atoms with Crippen molar-refractivity contribution in [2.24, 2.45) is 0 Å². The molecule has 1 aliphatic heterocycles. The fourth-order valence-electron chi connectivity index (χ4n) is 2.73. The molecule has 1 aromatic heterocycles. The molecule has 1 atom stereocenters. The number of piperidine rings is 1. The number of nitrogens with zero attached hydrogens (tertiary/aromatic N) is 3. The van der Waals surface area contributed by atoms with E-state index in [2.05, 4.69) is 38.6 Å². The second-order valence-electron chi connectivity index (χ2n) is 5.64. The first kappa shape index (κ1) is 12.7. The molecule has 0 bridgehead atoms. The molecule has 2 fully saturated rings. The zero-order valence-electron chi connectivity index (χ0n) is 11.6. The van der Waals surface area contributed by atoms with E-state index in [1.165, 1.54) is 32.1 Å². The van der Waals surface area contributed by atoms with Crippen LogP contribution in [-0.2, 0) is 0 Å². The Balaban J connectivity index is 1.66. The average molecular weight is 261 g/mol. The van der Waals surface area contributed by atoms with Crippen molar-refractivity contribution in [2.75, 3.05) is 30.4 Å². The number of rotatable bonds is 4. The summed E-state index contributed by atoms with van der Waals surface area (Å²) in [5.41, 5.74) is 0. The monoisotopic (exact) mass is 261 g/mol. The molecule has 0 amide bonds. The molecular weight excluding hydrogens is 238 g/mol. The van der Waals surface area contributed by atoms with Gasteiger partial charge in [0.2, 0.25) is 0 Å². The number of aromatic nitrogens is 2. The predicted molar refractivity (Wildman–Crippen MR) is 77.6 cm³/mol. The van der Waals surface area contributed by atoms with Gasteiger partial charge in [0.25, 0.3) is 0 Å². The van der Waals surface area contributed by atoms with E-state index in [0.29, 0.717) is 12.1 Å². The van der Waals surface area contributed by atoms with Crippen molar-refractivity contribution in [3.8, 4) is 0 Å². The van der Waals surface area contributed by atoms with E-state index < -0.39 is 0 Å². The highest BCUT2D eigenvalue weighted by atomic mass is 15.2. The fraction of sp³-hybridized carbons (Fsp3) is 0.714. The first-order chi connectivity index (χ1) is 9.33. The Bertz CT molecular complexity index is 412. The molecule has 2 N–H and O–H groups in total. The SMILES string of the molecule is CN(c1cc(NC2CCC2)ncn1)C1CCCNC1. The van der Waals surface area contributed by atoms with E-state index in [9.17, 15) is 0 Å². The maximum Gasteiger partial charge on any atom is 0.134 e. The highest BCUT2D eigenvalue weighted by Crippen LogP contribution is 2.24. The van der Waals surface area contributed by atoms with E-state index in [1.54, 1.807) is 6.33 Å². The molecule has 2 aliphatic rings. The van der Waals surface area contributed by atoms with E-state index in [0.717, 1.165) is 24.7 Å². The number of hydrogen-bond acceptors (Lipinski definition) is 5. The van der Waals surface area contributed by atoms with Crippen molar-refractivity contribution >= 4 is 11.6 Å². The highest BCUT2D eigenvalue weighted by molar-refractivity contribution is 5.49. The summed E-state index contributed by atoms with van der Waals surface area (Å²) in [6.07, 6.45) is 8.02. The summed E-state index contributed by atoms with van der Waals surface area (Å²) in [7, 11) is 2.13. The molecule has 5 nitrogen and oxygen atoms in total. The Hall–Kier alpha value is -1.36. The van der Waals surface area contributed by atoms with Crippen LogP contribution >= 0.6 is 0 Å². The van der Waals surface area contributed by atoms with Gasteiger partial charge in [0.15, 0.2) is 0 Å². The normalized spacial score (nSPS) is 23.7. The summed E-state index contributed by atoms with van der Waals surface area (Å²) < 4.78 is 0. The summed E-state index contributed by atoms with van der Waals surface area (Å²) in [6.45, 7) is 2.19. The quantitative estimate of drug-likeness (QED) is 0.863. The van der Waals surface area contributed by atoms with E-state index in [-0.39, 0.29) is 0 Å². The molecule has 1 saturated heterocycles. The topological polar surface area (TPSA) is 53.1 Å². The van der Waals surface area contributed by atoms with Crippen LogP contribution in [-0.4, -0.2) is 42.2 Å². The molecule has 104 valence electrons. The van der Waals surface area contributed by atoms with Crippen LogP contribution in [0.15, 0.2) is 12.4 Å². The van der Waals surface area contributed by atoms with Crippen LogP contribution in [0.1, 0.15) is 32.1 Å². The van der Waals surface area contributed by atoms with Gasteiger partial charge in [0, 0.05) is 31.7 Å². The molecule has 1 unspecified atom stereocenters. The third-order valence-corrected chi connectivity index (χ3v) is 4.29. The highest BCUT2D eigenvalue weighted by Gasteiger charge is 2.20. The van der Waals surface area contributed by atoms with Gasteiger partial charge < -0.3 is 15.5 Å². The van der Waals surface area contributed by atoms with Gasteiger partial charge in [-0.3, -0.25) is 0 Å². The van der Waals surface area contributed by atoms with E-state index in [4.69, 9.17) is 0 Å². The predicted octanol–water partition coefficient (Wildman–Crippen LogP) is 1.63. The van der Waals surface area contributed by atoms with E-state index >= 15 is 0 Å². The summed E-state index contributed by atoms with van der Waals surface area (Å²) in [5.74, 6) is 1.98. The van der Waals surface area contributed by atoms with Crippen molar-refractivity contribution in [1.29, 1.82) is 0 Å². The summed E-state index contributed by atoms with van der Waals surface area (Å²) in [4.78, 5) is 11.0. The lowest BCUT2D eigenvalue weighted by Crippen LogP contribution is -2.44. The maximum absolute atomic E-state index is 4.41. The number of anilines is 2. The average Bonchev–Trinajstić information content (AvgIpc) is 2.43. The van der Waals surface area contributed by atoms with Crippen molar-refractivity contribution < 1.29 is 0 Å². The van der Waals surface area contributed by atoms with Gasteiger partial charge >= 0.3 is 0 Å². The molecule has 2 heterocycles. The lowest BCUT2D eigenvalue weighted by atomic mass is 9.93. The third-order valence-electron chi connectivity index (χ3n) is 4.29. The van der Waals surface area contributed by atoms with Crippen LogP contribution in [0.5, 0.6) is 0 Å². The Morgan fingerprint density at radius 2 is 2.16 bits per heavy atom. The van der Waals surface area contributed by atoms with Crippen molar-refractivity contribution in [3.63, 3.8) is 0 Å². The van der Waals surface area contributed by atoms with Crippen LogP contribution in [0.2, 0.25) is 0 Å². The third kappa shape index (κ3) is 2.97. The Labute approximate surface area is 114 Å². The van der Waals surface area contributed by atoms with Gasteiger partial charge in [-0.15, -0.1) is 0 Å². The maximum atomic E-state index is 4.41. The van der Waals surface area contributed by atoms with Gasteiger partial charge in [-0.05, 0) is 38.6 Å². The second kappa shape index (κ2) is 5.74. The second-order valence-corrected chi connectivity index (χ2v) is 5.64. The lowest BCUT2D eigenvalue weighted by Gasteiger charge is -2.33. The fourth-order valence-corrected chi connectivity index (χ4v) is 2.73. The molecule has 5 heteroatoms. The van der Waals surface area contributed by atoms with Crippen LogP contribution in [0.4, 0.5) is 11.6 Å². The van der Waals surface area contributed by atoms with Crippen LogP contribution in [0.25, 0.3) is 0 Å². The van der Waals surface area contributed by atoms with Crippen molar-refractivity contribution in [2.45, 2.75) is 44.2 Å². The van der Waals surface area contributed by atoms with Gasteiger partial charge in [-0.25, -0.2) is 9.97 Å². The molecule has 19 heavy (non-hydrogen) atoms. The minimum absolute atomic E-state index is 0.542. The molecule has 3 rings (SSSR count). The molecule has 1 saturated carbocycles. The largest absolute Gasteiger partial charge is 0.367 e. The molecule has 0 spiro atoms. The zero-order valence-corrected chi connectivity index (χ0v) is 11.6. The van der Waals surface area contributed by atoms with Gasteiger partial charge in [-0.1, -0.05) is 0 Å². The number of nitrogens with one attached hydrogen (secondary N) is 2. The number of hydrogen-bond donors (Lipinski definition) is 2. The molecular formula is C14H23N5. The van der Waals surface area contributed by atoms with Crippen LogP contribution in [0.3, 0.4) is 0 Å². The Kier molecular flexibility index (Phi) is 3.82. The Morgan fingerprint density at radius 3 is 2.84 bits per heavy atom. The van der Waals surface area contributed by atoms with Gasteiger partial charge in [0.05, 0.1) is 0 Å². The Morgan fingerprint density at radius 1 is 1.26 bits per heavy atom. The minimum Gasteiger partial charge on any atom is -0.367 e. The summed E-state index contributed by atoms with van der Waals surface area (Å²) in [6, 6.07) is 3.23. The minimum atomic E-state index is 0.542.